The molecule has 17 heavy (non-hydrogen) atoms. The first-order valence-corrected chi connectivity index (χ1v) is 6.59. The Labute approximate surface area is 112 Å². The van der Waals surface area contributed by atoms with Crippen molar-refractivity contribution in [2.24, 2.45) is 0 Å². The summed E-state index contributed by atoms with van der Waals surface area (Å²) < 4.78 is 0. The third-order valence-electron chi connectivity index (χ3n) is 2.99. The molecule has 1 rings (SSSR count). The average molecular weight is 255 g/mol. The molecule has 0 aliphatic carbocycles. The Morgan fingerprint density at radius 2 is 1.35 bits per heavy atom. The van der Waals surface area contributed by atoms with Crippen LogP contribution in [-0.4, -0.2) is 0 Å². The largest absolute Gasteiger partial charge is 1.00 e. The van der Waals surface area contributed by atoms with Crippen molar-refractivity contribution >= 4 is 0 Å². The zero-order valence-electron chi connectivity index (χ0n) is 10.8. The minimum absolute atomic E-state index is 0. The van der Waals surface area contributed by atoms with Crippen molar-refractivity contribution in [3.05, 3.63) is 29.8 Å². The number of halogens is 1. The number of rotatable bonds is 8. The van der Waals surface area contributed by atoms with Crippen molar-refractivity contribution in [1.29, 1.82) is 0 Å². The van der Waals surface area contributed by atoms with Gasteiger partial charge in [-0.2, -0.15) is 0 Å². The maximum Gasteiger partial charge on any atom is -0.0279 e. The smallest absolute Gasteiger partial charge is 0.0279 e. The molecule has 0 saturated carbocycles. The van der Waals surface area contributed by atoms with Gasteiger partial charge in [-0.3, -0.25) is 0 Å². The third kappa shape index (κ3) is 8.09. The molecule has 0 unspecified atom stereocenters. The van der Waals surface area contributed by atoms with Crippen LogP contribution in [0.1, 0.15) is 57.4 Å². The van der Waals surface area contributed by atoms with E-state index in [4.69, 9.17) is 0 Å². The van der Waals surface area contributed by atoms with E-state index >= 15 is 0 Å². The van der Waals surface area contributed by atoms with Crippen LogP contribution in [0, 0.1) is 0 Å². The quantitative estimate of drug-likeness (QED) is 0.637. The Morgan fingerprint density at radius 3 is 1.94 bits per heavy atom. The van der Waals surface area contributed by atoms with Crippen molar-refractivity contribution < 1.29 is 17.5 Å². The Balaban J connectivity index is 0.00000256. The van der Waals surface area contributed by atoms with Crippen LogP contribution in [0.5, 0.6) is 5.75 Å². The molecule has 0 aliphatic rings. The first kappa shape index (κ1) is 16.3. The predicted octanol–water partition coefficient (Wildman–Crippen LogP) is 1.06. The lowest BCUT2D eigenvalue weighted by Gasteiger charge is -2.06. The molecule has 0 amide bonds. The van der Waals surface area contributed by atoms with E-state index in [1.807, 2.05) is 12.1 Å². The fourth-order valence-corrected chi connectivity index (χ4v) is 1.94. The molecule has 0 atom stereocenters. The van der Waals surface area contributed by atoms with E-state index in [2.05, 4.69) is 6.92 Å². The number of hydrogen-bond donors (Lipinski definition) is 0. The second-order valence-corrected chi connectivity index (χ2v) is 4.52. The molecule has 0 N–H and O–H groups in total. The van der Waals surface area contributed by atoms with Crippen LogP contribution in [0.4, 0.5) is 0 Å². The molecule has 1 aromatic carbocycles. The summed E-state index contributed by atoms with van der Waals surface area (Å²) in [4.78, 5) is 0. The Bertz CT molecular complexity index is 269. The van der Waals surface area contributed by atoms with Crippen LogP contribution < -0.4 is 17.5 Å². The highest BCUT2D eigenvalue weighted by molar-refractivity contribution is 5.24. The van der Waals surface area contributed by atoms with Crippen LogP contribution in [0.25, 0.3) is 0 Å². The molecule has 0 saturated heterocycles. The van der Waals surface area contributed by atoms with Gasteiger partial charge in [0.15, 0.2) is 0 Å². The summed E-state index contributed by atoms with van der Waals surface area (Å²) >= 11 is 0. The summed E-state index contributed by atoms with van der Waals surface area (Å²) in [5, 5.41) is 10.9. The first-order chi connectivity index (χ1) is 7.83. The summed E-state index contributed by atoms with van der Waals surface area (Å²) in [7, 11) is 0. The summed E-state index contributed by atoms with van der Waals surface area (Å²) in [5.74, 6) is 0.114. The average Bonchev–Trinajstić information content (AvgIpc) is 2.30. The van der Waals surface area contributed by atoms with Gasteiger partial charge in [0.05, 0.1) is 0 Å². The molecule has 0 heterocycles. The third-order valence-corrected chi connectivity index (χ3v) is 2.99. The van der Waals surface area contributed by atoms with E-state index < -0.39 is 0 Å². The first-order valence-electron chi connectivity index (χ1n) is 6.59. The molecule has 0 radical (unpaired) electrons. The van der Waals surface area contributed by atoms with Gasteiger partial charge < -0.3 is 17.5 Å². The second kappa shape index (κ2) is 10.5. The summed E-state index contributed by atoms with van der Waals surface area (Å²) in [5.41, 5.74) is 1.30. The lowest BCUT2D eigenvalue weighted by molar-refractivity contribution is -0.268. The molecular formula is C15H23ClO-2. The fourth-order valence-electron chi connectivity index (χ4n) is 1.94. The molecule has 0 aliphatic heterocycles. The minimum Gasteiger partial charge on any atom is -1.00 e. The van der Waals surface area contributed by atoms with Gasteiger partial charge in [0.2, 0.25) is 0 Å². The van der Waals surface area contributed by atoms with Crippen molar-refractivity contribution in [3.63, 3.8) is 0 Å². The number of hydrogen-bond acceptors (Lipinski definition) is 1. The van der Waals surface area contributed by atoms with E-state index in [9.17, 15) is 5.11 Å². The van der Waals surface area contributed by atoms with E-state index in [1.165, 1.54) is 50.5 Å². The van der Waals surface area contributed by atoms with Crippen LogP contribution >= 0.6 is 0 Å². The van der Waals surface area contributed by atoms with Gasteiger partial charge in [0, 0.05) is 0 Å². The van der Waals surface area contributed by atoms with Crippen molar-refractivity contribution in [1.82, 2.24) is 0 Å². The van der Waals surface area contributed by atoms with Crippen LogP contribution in [0.15, 0.2) is 24.3 Å². The molecule has 2 heteroatoms. The highest BCUT2D eigenvalue weighted by Gasteiger charge is 1.93. The normalized spacial score (nSPS) is 9.94. The Hall–Kier alpha value is -0.690. The molecule has 98 valence electrons. The topological polar surface area (TPSA) is 23.1 Å². The van der Waals surface area contributed by atoms with Gasteiger partial charge in [-0.1, -0.05) is 69.7 Å². The molecule has 1 nitrogen and oxygen atoms in total. The lowest BCUT2D eigenvalue weighted by atomic mass is 10.0. The molecule has 0 aromatic heterocycles. The predicted molar refractivity (Wildman–Crippen MR) is 67.6 cm³/mol. The molecule has 1 aromatic rings. The van der Waals surface area contributed by atoms with Gasteiger partial charge in [-0.15, -0.1) is 5.75 Å². The fraction of sp³-hybridized carbons (Fsp3) is 0.600. The summed E-state index contributed by atoms with van der Waals surface area (Å²) in [6.45, 7) is 2.25. The number of benzene rings is 1. The number of aryl methyl sites for hydroxylation is 1. The Kier molecular flexibility index (Phi) is 10.0. The van der Waals surface area contributed by atoms with Crippen LogP contribution in [0.3, 0.4) is 0 Å². The summed E-state index contributed by atoms with van der Waals surface area (Å²) in [6, 6.07) is 7.24. The standard InChI is InChI=1S/C15H24O.ClH/c1-2-3-4-5-6-7-8-9-14-10-12-15(16)13-11-14;/h10-13,16H,2-9H2,1H3;1H/p-2. The maximum atomic E-state index is 10.9. The van der Waals surface area contributed by atoms with Gasteiger partial charge in [0.1, 0.15) is 0 Å². The maximum absolute atomic E-state index is 10.9. The van der Waals surface area contributed by atoms with Crippen molar-refractivity contribution in [3.8, 4) is 5.75 Å². The minimum atomic E-state index is 0. The monoisotopic (exact) mass is 254 g/mol. The molecule has 0 bridgehead atoms. The second-order valence-electron chi connectivity index (χ2n) is 4.52. The number of unbranched alkanes of at least 4 members (excludes halogenated alkanes) is 6. The van der Waals surface area contributed by atoms with Crippen LogP contribution in [-0.2, 0) is 6.42 Å². The molecule has 0 spiro atoms. The molecular weight excluding hydrogens is 232 g/mol. The van der Waals surface area contributed by atoms with Gasteiger partial charge >= 0.3 is 0 Å². The van der Waals surface area contributed by atoms with E-state index in [0.29, 0.717) is 0 Å². The highest BCUT2D eigenvalue weighted by atomic mass is 35.5. The zero-order valence-corrected chi connectivity index (χ0v) is 11.5. The summed E-state index contributed by atoms with van der Waals surface area (Å²) in [6.07, 6.45) is 10.5. The van der Waals surface area contributed by atoms with E-state index in [-0.39, 0.29) is 18.2 Å². The van der Waals surface area contributed by atoms with Crippen molar-refractivity contribution in [2.75, 3.05) is 0 Å². The lowest BCUT2D eigenvalue weighted by Crippen LogP contribution is -3.00. The van der Waals surface area contributed by atoms with E-state index in [0.717, 1.165) is 6.42 Å². The SMILES string of the molecule is CCCCCCCCCc1ccc([O-])cc1.[Cl-]. The zero-order chi connectivity index (χ0) is 11.6. The van der Waals surface area contributed by atoms with Crippen molar-refractivity contribution in [2.45, 2.75) is 58.3 Å². The highest BCUT2D eigenvalue weighted by Crippen LogP contribution is 2.12. The Morgan fingerprint density at radius 1 is 0.824 bits per heavy atom. The van der Waals surface area contributed by atoms with Crippen LogP contribution in [0.2, 0.25) is 0 Å². The van der Waals surface area contributed by atoms with E-state index in [1.54, 1.807) is 12.1 Å². The van der Waals surface area contributed by atoms with Gasteiger partial charge in [-0.25, -0.2) is 0 Å². The van der Waals surface area contributed by atoms with Gasteiger partial charge in [0.25, 0.3) is 0 Å². The molecule has 0 fully saturated rings. The van der Waals surface area contributed by atoms with Gasteiger partial charge in [-0.05, 0) is 18.4 Å².